The van der Waals surface area contributed by atoms with Crippen LogP contribution in [0.5, 0.6) is 5.75 Å². The first-order chi connectivity index (χ1) is 13.6. The lowest BCUT2D eigenvalue weighted by Crippen LogP contribution is -2.49. The third-order valence-electron chi connectivity index (χ3n) is 4.39. The number of urea groups is 1. The van der Waals surface area contributed by atoms with E-state index in [2.05, 4.69) is 24.5 Å². The van der Waals surface area contributed by atoms with E-state index < -0.39 is 29.4 Å². The van der Waals surface area contributed by atoms with E-state index in [4.69, 9.17) is 4.74 Å². The van der Waals surface area contributed by atoms with Crippen molar-refractivity contribution in [1.29, 1.82) is 0 Å². The number of ether oxygens (including phenoxy) is 1. The maximum Gasteiger partial charge on any atom is 0.326 e. The molecule has 1 aliphatic rings. The lowest BCUT2D eigenvalue weighted by atomic mass is 10.1. The summed E-state index contributed by atoms with van der Waals surface area (Å²) in [6, 6.07) is 2.77. The Morgan fingerprint density at radius 2 is 1.90 bits per heavy atom. The molecule has 0 saturated carbocycles. The fourth-order valence-electron chi connectivity index (χ4n) is 2.75. The minimum absolute atomic E-state index is 0.260. The smallest absolute Gasteiger partial charge is 0.326 e. The second-order valence-corrected chi connectivity index (χ2v) is 7.36. The molecule has 1 fully saturated rings. The van der Waals surface area contributed by atoms with Crippen LogP contribution >= 0.6 is 0 Å². The van der Waals surface area contributed by atoms with E-state index in [0.29, 0.717) is 16.3 Å². The molecule has 29 heavy (non-hydrogen) atoms. The van der Waals surface area contributed by atoms with Gasteiger partial charge in [-0.2, -0.15) is 0 Å². The zero-order chi connectivity index (χ0) is 22.2. The Labute approximate surface area is 172 Å². The van der Waals surface area contributed by atoms with Gasteiger partial charge in [-0.25, -0.2) is 9.69 Å². The third kappa shape index (κ3) is 6.04. The van der Waals surface area contributed by atoms with E-state index >= 15 is 0 Å². The fourth-order valence-corrected chi connectivity index (χ4v) is 2.75. The normalized spacial score (nSPS) is 15.7. The highest BCUT2D eigenvalue weighted by Crippen LogP contribution is 2.26. The molecule has 8 heteroatoms. The van der Waals surface area contributed by atoms with Gasteiger partial charge in [-0.3, -0.25) is 9.59 Å². The Morgan fingerprint density at radius 1 is 1.28 bits per heavy atom. The molecule has 2 rings (SSSR count). The minimum atomic E-state index is -1.57. The largest absolute Gasteiger partial charge is 0.495 e. The minimum Gasteiger partial charge on any atom is -0.495 e. The van der Waals surface area contributed by atoms with Crippen molar-refractivity contribution < 1.29 is 23.9 Å². The highest BCUT2D eigenvalue weighted by molar-refractivity contribution is 6.15. The standard InChI is InChI=1S/C16H19N3O5.C5H12/c1-9-5-6-12(24-4)10(7-9)17-13(21)11(8-20)19-14(22)16(2,3)18-15(19)23;1-3-5-4-2/h5-8,11H,1-4H3,(H,17,21)(H,18,23);3-5H2,1-2H3. The first kappa shape index (κ1) is 24.1. The molecule has 160 valence electrons. The van der Waals surface area contributed by atoms with Crippen LogP contribution in [0.1, 0.15) is 52.5 Å². The molecule has 1 heterocycles. The Balaban J connectivity index is 0.000000749. The van der Waals surface area contributed by atoms with Crippen molar-refractivity contribution in [3.8, 4) is 5.75 Å². The molecule has 0 spiro atoms. The van der Waals surface area contributed by atoms with Crippen LogP contribution < -0.4 is 15.4 Å². The summed E-state index contributed by atoms with van der Waals surface area (Å²) >= 11 is 0. The Kier molecular flexibility index (Phi) is 8.82. The van der Waals surface area contributed by atoms with Gasteiger partial charge in [-0.15, -0.1) is 0 Å². The van der Waals surface area contributed by atoms with E-state index in [1.807, 2.05) is 6.92 Å². The molecule has 8 nitrogen and oxygen atoms in total. The molecule has 1 saturated heterocycles. The van der Waals surface area contributed by atoms with Gasteiger partial charge in [0.25, 0.3) is 11.8 Å². The summed E-state index contributed by atoms with van der Waals surface area (Å²) in [4.78, 5) is 48.7. The first-order valence-electron chi connectivity index (χ1n) is 9.69. The van der Waals surface area contributed by atoms with Crippen LogP contribution in [0, 0.1) is 6.92 Å². The lowest BCUT2D eigenvalue weighted by Gasteiger charge is -2.21. The molecule has 2 N–H and O–H groups in total. The van der Waals surface area contributed by atoms with Gasteiger partial charge in [-0.05, 0) is 38.5 Å². The number of aryl methyl sites for hydroxylation is 1. The van der Waals surface area contributed by atoms with Crippen molar-refractivity contribution in [3.05, 3.63) is 23.8 Å². The summed E-state index contributed by atoms with van der Waals surface area (Å²) in [7, 11) is 1.44. The third-order valence-corrected chi connectivity index (χ3v) is 4.39. The molecule has 1 aliphatic heterocycles. The van der Waals surface area contributed by atoms with Gasteiger partial charge in [0.2, 0.25) is 0 Å². The number of nitrogens with one attached hydrogen (secondary N) is 2. The Bertz CT molecular complexity index is 759. The number of unbranched alkanes of at least 4 members (excludes halogenated alkanes) is 2. The molecular weight excluding hydrogens is 374 g/mol. The predicted octanol–water partition coefficient (Wildman–Crippen LogP) is 3.04. The SMILES string of the molecule is CCCCC.COc1ccc(C)cc1NC(=O)C(C=O)N1C(=O)NC(C)(C)C1=O. The number of amides is 4. The number of rotatable bonds is 7. The molecule has 0 bridgehead atoms. The van der Waals surface area contributed by atoms with Crippen molar-refractivity contribution in [1.82, 2.24) is 10.2 Å². The van der Waals surface area contributed by atoms with Gasteiger partial charge < -0.3 is 20.2 Å². The van der Waals surface area contributed by atoms with Crippen LogP contribution in [0.3, 0.4) is 0 Å². The number of benzene rings is 1. The van der Waals surface area contributed by atoms with Crippen molar-refractivity contribution in [2.75, 3.05) is 12.4 Å². The van der Waals surface area contributed by atoms with Gasteiger partial charge in [0.15, 0.2) is 12.3 Å². The average molecular weight is 405 g/mol. The number of carbonyl (C=O) groups is 4. The summed E-state index contributed by atoms with van der Waals surface area (Å²) in [5, 5.41) is 4.96. The van der Waals surface area contributed by atoms with Gasteiger partial charge in [-0.1, -0.05) is 39.2 Å². The van der Waals surface area contributed by atoms with Crippen LogP contribution in [-0.4, -0.2) is 47.7 Å². The van der Waals surface area contributed by atoms with Crippen LogP contribution in [0.15, 0.2) is 18.2 Å². The summed E-state index contributed by atoms with van der Waals surface area (Å²) < 4.78 is 5.15. The van der Waals surface area contributed by atoms with Crippen molar-refractivity contribution >= 4 is 29.8 Å². The van der Waals surface area contributed by atoms with E-state index in [-0.39, 0.29) is 6.29 Å². The van der Waals surface area contributed by atoms with Crippen LogP contribution in [0.2, 0.25) is 0 Å². The Morgan fingerprint density at radius 3 is 2.31 bits per heavy atom. The topological polar surface area (TPSA) is 105 Å². The van der Waals surface area contributed by atoms with Crippen LogP contribution in [0.4, 0.5) is 10.5 Å². The zero-order valence-electron chi connectivity index (χ0n) is 18.0. The monoisotopic (exact) mass is 405 g/mol. The summed E-state index contributed by atoms with van der Waals surface area (Å²) in [6.07, 6.45) is 4.34. The van der Waals surface area contributed by atoms with E-state index in [1.54, 1.807) is 18.2 Å². The maximum absolute atomic E-state index is 12.4. The van der Waals surface area contributed by atoms with Gasteiger partial charge >= 0.3 is 6.03 Å². The highest BCUT2D eigenvalue weighted by Gasteiger charge is 2.49. The molecule has 1 aromatic rings. The molecule has 1 aromatic carbocycles. The predicted molar refractivity (Wildman–Crippen MR) is 111 cm³/mol. The number of anilines is 1. The average Bonchev–Trinajstić information content (AvgIpc) is 2.85. The van der Waals surface area contributed by atoms with Crippen molar-refractivity contribution in [3.63, 3.8) is 0 Å². The molecule has 0 aliphatic carbocycles. The van der Waals surface area contributed by atoms with Gasteiger partial charge in [0.05, 0.1) is 12.8 Å². The molecule has 0 radical (unpaired) electrons. The molecule has 4 amide bonds. The second kappa shape index (κ2) is 10.6. The maximum atomic E-state index is 12.4. The number of aldehydes is 1. The quantitative estimate of drug-likeness (QED) is 0.412. The number of carbonyl (C=O) groups excluding carboxylic acids is 4. The summed E-state index contributed by atoms with van der Waals surface area (Å²) in [5.74, 6) is -1.04. The lowest BCUT2D eigenvalue weighted by molar-refractivity contribution is -0.138. The van der Waals surface area contributed by atoms with E-state index in [0.717, 1.165) is 5.56 Å². The fraction of sp³-hybridized carbons (Fsp3) is 0.524. The number of imide groups is 1. The molecule has 1 unspecified atom stereocenters. The first-order valence-corrected chi connectivity index (χ1v) is 9.69. The van der Waals surface area contributed by atoms with E-state index in [1.165, 1.54) is 40.2 Å². The van der Waals surface area contributed by atoms with Crippen LogP contribution in [-0.2, 0) is 14.4 Å². The zero-order valence-corrected chi connectivity index (χ0v) is 18.0. The van der Waals surface area contributed by atoms with E-state index in [9.17, 15) is 19.2 Å². The van der Waals surface area contributed by atoms with Crippen molar-refractivity contribution in [2.24, 2.45) is 0 Å². The number of methoxy groups -OCH3 is 1. The molecular formula is C21H31N3O5. The molecule has 1 atom stereocenters. The number of nitrogens with zero attached hydrogens (tertiary/aromatic N) is 1. The van der Waals surface area contributed by atoms with Gasteiger partial charge in [0, 0.05) is 0 Å². The summed E-state index contributed by atoms with van der Waals surface area (Å²) in [6.45, 7) is 9.24. The van der Waals surface area contributed by atoms with Crippen LogP contribution in [0.25, 0.3) is 0 Å². The van der Waals surface area contributed by atoms with Crippen molar-refractivity contribution in [2.45, 2.75) is 65.5 Å². The Hall–Kier alpha value is -2.90. The molecule has 0 aromatic heterocycles. The summed E-state index contributed by atoms with van der Waals surface area (Å²) in [5.41, 5.74) is 0.0464. The number of hydrogen-bond donors (Lipinski definition) is 2. The second-order valence-electron chi connectivity index (χ2n) is 7.36. The van der Waals surface area contributed by atoms with Gasteiger partial charge in [0.1, 0.15) is 11.3 Å². The number of hydrogen-bond acceptors (Lipinski definition) is 5. The highest BCUT2D eigenvalue weighted by atomic mass is 16.5.